The van der Waals surface area contributed by atoms with Crippen LogP contribution in [0.15, 0.2) is 48.5 Å². The van der Waals surface area contributed by atoms with E-state index in [1.54, 1.807) is 36.4 Å². The first-order valence-corrected chi connectivity index (χ1v) is 7.80. The van der Waals surface area contributed by atoms with Gasteiger partial charge in [0.25, 0.3) is 5.91 Å². The van der Waals surface area contributed by atoms with Crippen LogP contribution in [-0.4, -0.2) is 25.1 Å². The van der Waals surface area contributed by atoms with Crippen molar-refractivity contribution in [3.63, 3.8) is 0 Å². The van der Waals surface area contributed by atoms with Crippen molar-refractivity contribution in [2.24, 2.45) is 0 Å². The molecule has 5 heteroatoms. The summed E-state index contributed by atoms with van der Waals surface area (Å²) in [6.45, 7) is 4.07. The molecule has 126 valence electrons. The summed E-state index contributed by atoms with van der Waals surface area (Å²) in [5, 5.41) is 2.80. The van der Waals surface area contributed by atoms with Crippen LogP contribution in [0.1, 0.15) is 41.0 Å². The Balaban J connectivity index is 2.00. The Kier molecular flexibility index (Phi) is 5.95. The van der Waals surface area contributed by atoms with E-state index in [0.29, 0.717) is 16.8 Å². The molecule has 2 rings (SSSR count). The van der Waals surface area contributed by atoms with E-state index in [1.165, 1.54) is 7.11 Å². The normalized spacial score (nSPS) is 11.5. The molecule has 5 nitrogen and oxygen atoms in total. The van der Waals surface area contributed by atoms with E-state index in [4.69, 9.17) is 4.74 Å². The molecule has 24 heavy (non-hydrogen) atoms. The third-order valence-corrected chi connectivity index (χ3v) is 3.59. The maximum absolute atomic E-state index is 12.2. The van der Waals surface area contributed by atoms with Crippen molar-refractivity contribution in [3.05, 3.63) is 59.7 Å². The highest BCUT2D eigenvalue weighted by Crippen LogP contribution is 2.18. The lowest BCUT2D eigenvalue weighted by Gasteiger charge is -2.13. The lowest BCUT2D eigenvalue weighted by Crippen LogP contribution is -2.13. The van der Waals surface area contributed by atoms with Crippen LogP contribution in [0.5, 0.6) is 5.75 Å². The molecular formula is C19H21NO4. The third kappa shape index (κ3) is 4.59. The molecule has 2 aromatic rings. The van der Waals surface area contributed by atoms with Gasteiger partial charge in [0, 0.05) is 11.3 Å². The number of benzene rings is 2. The lowest BCUT2D eigenvalue weighted by atomic mass is 10.1. The zero-order valence-corrected chi connectivity index (χ0v) is 14.0. The van der Waals surface area contributed by atoms with Gasteiger partial charge in [-0.15, -0.1) is 0 Å². The van der Waals surface area contributed by atoms with Gasteiger partial charge in [0.2, 0.25) is 0 Å². The number of rotatable bonds is 6. The fourth-order valence-corrected chi connectivity index (χ4v) is 2.01. The first-order chi connectivity index (χ1) is 11.5. The van der Waals surface area contributed by atoms with Crippen molar-refractivity contribution in [3.8, 4) is 5.75 Å². The number of anilines is 1. The standard InChI is InChI=1S/C19H21NO4/c1-4-13(2)24-17-11-9-16(10-12-17)20-18(21)14-5-7-15(8-6-14)19(22)23-3/h5-13H,4H2,1-3H3,(H,20,21). The fourth-order valence-electron chi connectivity index (χ4n) is 2.01. The summed E-state index contributed by atoms with van der Waals surface area (Å²) in [6.07, 6.45) is 1.08. The van der Waals surface area contributed by atoms with E-state index in [0.717, 1.165) is 12.2 Å². The minimum Gasteiger partial charge on any atom is -0.491 e. The van der Waals surface area contributed by atoms with Crippen molar-refractivity contribution >= 4 is 17.6 Å². The second kappa shape index (κ2) is 8.15. The quantitative estimate of drug-likeness (QED) is 0.817. The van der Waals surface area contributed by atoms with Crippen molar-refractivity contribution in [2.75, 3.05) is 12.4 Å². The van der Waals surface area contributed by atoms with Gasteiger partial charge in [-0.05, 0) is 61.9 Å². The van der Waals surface area contributed by atoms with Crippen molar-refractivity contribution in [2.45, 2.75) is 26.4 Å². The van der Waals surface area contributed by atoms with E-state index in [-0.39, 0.29) is 12.0 Å². The number of methoxy groups -OCH3 is 1. The highest BCUT2D eigenvalue weighted by Gasteiger charge is 2.09. The third-order valence-electron chi connectivity index (χ3n) is 3.59. The summed E-state index contributed by atoms with van der Waals surface area (Å²) in [5.74, 6) is 0.0886. The molecule has 0 aliphatic rings. The first-order valence-electron chi connectivity index (χ1n) is 7.80. The van der Waals surface area contributed by atoms with Gasteiger partial charge in [0.15, 0.2) is 0 Å². The summed E-state index contributed by atoms with van der Waals surface area (Å²) in [6, 6.07) is 13.5. The van der Waals surface area contributed by atoms with Gasteiger partial charge < -0.3 is 14.8 Å². The molecule has 2 aromatic carbocycles. The zero-order valence-electron chi connectivity index (χ0n) is 14.0. The molecule has 0 saturated carbocycles. The minimum atomic E-state index is -0.432. The summed E-state index contributed by atoms with van der Waals surface area (Å²) in [7, 11) is 1.32. The number of nitrogens with one attached hydrogen (secondary N) is 1. The van der Waals surface area contributed by atoms with Crippen LogP contribution in [-0.2, 0) is 4.74 Å². The van der Waals surface area contributed by atoms with Crippen molar-refractivity contribution < 1.29 is 19.1 Å². The molecule has 0 aromatic heterocycles. The molecule has 0 fully saturated rings. The zero-order chi connectivity index (χ0) is 17.5. The number of carbonyl (C=O) groups is 2. The average Bonchev–Trinajstić information content (AvgIpc) is 2.62. The number of hydrogen-bond donors (Lipinski definition) is 1. The number of carbonyl (C=O) groups excluding carboxylic acids is 2. The van der Waals surface area contributed by atoms with Gasteiger partial charge in [-0.25, -0.2) is 4.79 Å². The Morgan fingerprint density at radius 2 is 1.58 bits per heavy atom. The van der Waals surface area contributed by atoms with Crippen molar-refractivity contribution in [1.82, 2.24) is 0 Å². The molecule has 1 N–H and O–H groups in total. The number of hydrogen-bond acceptors (Lipinski definition) is 4. The van der Waals surface area contributed by atoms with E-state index in [2.05, 4.69) is 17.0 Å². The molecule has 0 spiro atoms. The summed E-state index contributed by atoms with van der Waals surface area (Å²) in [4.78, 5) is 23.6. The van der Waals surface area contributed by atoms with E-state index < -0.39 is 5.97 Å². The van der Waals surface area contributed by atoms with Gasteiger partial charge in [-0.3, -0.25) is 4.79 Å². The van der Waals surface area contributed by atoms with Gasteiger partial charge in [0.05, 0.1) is 18.8 Å². The van der Waals surface area contributed by atoms with Crippen LogP contribution in [0.25, 0.3) is 0 Å². The lowest BCUT2D eigenvalue weighted by molar-refractivity contribution is 0.0600. The predicted octanol–water partition coefficient (Wildman–Crippen LogP) is 3.90. The fraction of sp³-hybridized carbons (Fsp3) is 0.263. The van der Waals surface area contributed by atoms with Gasteiger partial charge >= 0.3 is 5.97 Å². The minimum absolute atomic E-state index is 0.152. The number of esters is 1. The Labute approximate surface area is 141 Å². The molecule has 0 aliphatic heterocycles. The van der Waals surface area contributed by atoms with Crippen LogP contribution in [0, 0.1) is 0 Å². The Bertz CT molecular complexity index is 692. The topological polar surface area (TPSA) is 64.6 Å². The average molecular weight is 327 g/mol. The molecule has 1 unspecified atom stereocenters. The number of amides is 1. The van der Waals surface area contributed by atoms with Crippen LogP contribution < -0.4 is 10.1 Å². The van der Waals surface area contributed by atoms with Crippen LogP contribution >= 0.6 is 0 Å². The molecular weight excluding hydrogens is 306 g/mol. The smallest absolute Gasteiger partial charge is 0.337 e. The van der Waals surface area contributed by atoms with E-state index in [9.17, 15) is 9.59 Å². The summed E-state index contributed by atoms with van der Waals surface area (Å²) in [5.41, 5.74) is 1.54. The highest BCUT2D eigenvalue weighted by molar-refractivity contribution is 6.04. The van der Waals surface area contributed by atoms with Crippen LogP contribution in [0.3, 0.4) is 0 Å². The SMILES string of the molecule is CCC(C)Oc1ccc(NC(=O)c2ccc(C(=O)OC)cc2)cc1. The molecule has 0 radical (unpaired) electrons. The Morgan fingerprint density at radius 1 is 1.00 bits per heavy atom. The summed E-state index contributed by atoms with van der Waals surface area (Å²) >= 11 is 0. The van der Waals surface area contributed by atoms with Crippen LogP contribution in [0.4, 0.5) is 5.69 Å². The van der Waals surface area contributed by atoms with E-state index in [1.807, 2.05) is 19.1 Å². The largest absolute Gasteiger partial charge is 0.491 e. The predicted molar refractivity (Wildman–Crippen MR) is 92.6 cm³/mol. The number of ether oxygens (including phenoxy) is 2. The molecule has 1 atom stereocenters. The van der Waals surface area contributed by atoms with Gasteiger partial charge in [0.1, 0.15) is 5.75 Å². The van der Waals surface area contributed by atoms with Gasteiger partial charge in [-0.2, -0.15) is 0 Å². The monoisotopic (exact) mass is 327 g/mol. The van der Waals surface area contributed by atoms with Crippen molar-refractivity contribution in [1.29, 1.82) is 0 Å². The van der Waals surface area contributed by atoms with E-state index >= 15 is 0 Å². The molecule has 0 saturated heterocycles. The van der Waals surface area contributed by atoms with Crippen LogP contribution in [0.2, 0.25) is 0 Å². The molecule has 0 aliphatic carbocycles. The molecule has 0 heterocycles. The van der Waals surface area contributed by atoms with Gasteiger partial charge in [-0.1, -0.05) is 6.92 Å². The second-order valence-corrected chi connectivity index (χ2v) is 5.38. The summed E-state index contributed by atoms with van der Waals surface area (Å²) < 4.78 is 10.3. The molecule has 0 bridgehead atoms. The second-order valence-electron chi connectivity index (χ2n) is 5.38. The first kappa shape index (κ1) is 17.5. The maximum Gasteiger partial charge on any atom is 0.337 e. The Hall–Kier alpha value is -2.82. The highest BCUT2D eigenvalue weighted by atomic mass is 16.5. The molecule has 1 amide bonds. The Morgan fingerprint density at radius 3 is 2.12 bits per heavy atom. The maximum atomic E-state index is 12.2.